The lowest BCUT2D eigenvalue weighted by atomic mass is 10.2. The number of carboxylic acid groups (broad SMARTS) is 1. The average molecular weight is 270 g/mol. The number of carbonyl (C=O) groups is 1. The highest BCUT2D eigenvalue weighted by atomic mass is 32.2. The van der Waals surface area contributed by atoms with Gasteiger partial charge in [0.2, 0.25) is 0 Å². The lowest BCUT2D eigenvalue weighted by Crippen LogP contribution is -2.30. The van der Waals surface area contributed by atoms with Crippen molar-refractivity contribution < 1.29 is 26.7 Å². The first kappa shape index (κ1) is 13.4. The van der Waals surface area contributed by atoms with Gasteiger partial charge in [0.05, 0.1) is 28.4 Å². The monoisotopic (exact) mass is 270 g/mol. The maximum absolute atomic E-state index is 11.7. The van der Waals surface area contributed by atoms with Crippen molar-refractivity contribution in [2.24, 2.45) is 5.92 Å². The summed E-state index contributed by atoms with van der Waals surface area (Å²) in [4.78, 5) is 10.5. The normalized spacial score (nSPS) is 26.4. The van der Waals surface area contributed by atoms with E-state index in [0.717, 1.165) is 0 Å². The van der Waals surface area contributed by atoms with Crippen molar-refractivity contribution in [1.29, 1.82) is 0 Å². The molecule has 0 radical (unpaired) electrons. The highest BCUT2D eigenvalue weighted by Crippen LogP contribution is 2.21. The first-order valence-electron chi connectivity index (χ1n) is 4.79. The Labute approximate surface area is 94.5 Å². The molecule has 2 atom stereocenters. The standard InChI is InChI=1S/C8H14O6S2/c1-6(8(9)10)4-16(13,14)7-2-3-15(11,12)5-7/h6-7H,2-5H2,1H3,(H,9,10). The summed E-state index contributed by atoms with van der Waals surface area (Å²) in [5.41, 5.74) is 0. The summed E-state index contributed by atoms with van der Waals surface area (Å²) >= 11 is 0. The van der Waals surface area contributed by atoms with Gasteiger partial charge in [-0.25, -0.2) is 16.8 Å². The van der Waals surface area contributed by atoms with Crippen LogP contribution in [0.4, 0.5) is 0 Å². The van der Waals surface area contributed by atoms with Crippen LogP contribution in [-0.4, -0.2) is 50.4 Å². The van der Waals surface area contributed by atoms with Gasteiger partial charge < -0.3 is 5.11 Å². The van der Waals surface area contributed by atoms with Gasteiger partial charge in [-0.2, -0.15) is 0 Å². The Morgan fingerprint density at radius 2 is 2.06 bits per heavy atom. The fourth-order valence-corrected chi connectivity index (χ4v) is 6.33. The van der Waals surface area contributed by atoms with Gasteiger partial charge >= 0.3 is 5.97 Å². The van der Waals surface area contributed by atoms with Crippen LogP contribution < -0.4 is 0 Å². The minimum atomic E-state index is -3.64. The number of carboxylic acids is 1. The fourth-order valence-electron chi connectivity index (χ4n) is 1.60. The Balaban J connectivity index is 2.77. The van der Waals surface area contributed by atoms with Crippen LogP contribution in [0.2, 0.25) is 0 Å². The molecule has 0 aromatic rings. The van der Waals surface area contributed by atoms with E-state index in [9.17, 15) is 21.6 Å². The van der Waals surface area contributed by atoms with Crippen LogP contribution in [0.3, 0.4) is 0 Å². The van der Waals surface area contributed by atoms with E-state index in [-0.39, 0.29) is 17.9 Å². The molecule has 94 valence electrons. The van der Waals surface area contributed by atoms with E-state index in [4.69, 9.17) is 5.11 Å². The van der Waals surface area contributed by atoms with Crippen molar-refractivity contribution in [1.82, 2.24) is 0 Å². The van der Waals surface area contributed by atoms with Crippen molar-refractivity contribution in [2.75, 3.05) is 17.3 Å². The quantitative estimate of drug-likeness (QED) is 0.724. The maximum atomic E-state index is 11.7. The van der Waals surface area contributed by atoms with Gasteiger partial charge in [0.1, 0.15) is 0 Å². The largest absolute Gasteiger partial charge is 0.481 e. The Morgan fingerprint density at radius 1 is 1.50 bits per heavy atom. The van der Waals surface area contributed by atoms with Gasteiger partial charge in [-0.05, 0) is 6.42 Å². The van der Waals surface area contributed by atoms with Crippen LogP contribution in [0, 0.1) is 5.92 Å². The second kappa shape index (κ2) is 4.33. The molecule has 1 rings (SSSR count). The molecule has 6 nitrogen and oxygen atoms in total. The van der Waals surface area contributed by atoms with E-state index in [0.29, 0.717) is 0 Å². The summed E-state index contributed by atoms with van der Waals surface area (Å²) in [5, 5.41) is 7.68. The molecule has 1 aliphatic heterocycles. The molecule has 2 unspecified atom stereocenters. The zero-order valence-corrected chi connectivity index (χ0v) is 10.4. The van der Waals surface area contributed by atoms with Crippen molar-refractivity contribution in [3.8, 4) is 0 Å². The molecule has 0 aliphatic carbocycles. The predicted octanol–water partition coefficient (Wildman–Crippen LogP) is -0.691. The first-order chi connectivity index (χ1) is 7.14. The van der Waals surface area contributed by atoms with Gasteiger partial charge in [0, 0.05) is 0 Å². The van der Waals surface area contributed by atoms with Crippen LogP contribution in [0.15, 0.2) is 0 Å². The molecule has 0 aromatic carbocycles. The van der Waals surface area contributed by atoms with Crippen LogP contribution in [0.1, 0.15) is 13.3 Å². The van der Waals surface area contributed by atoms with Gasteiger partial charge in [0.25, 0.3) is 0 Å². The average Bonchev–Trinajstić information content (AvgIpc) is 2.45. The molecule has 0 aromatic heterocycles. The zero-order chi connectivity index (χ0) is 12.6. The molecule has 1 saturated heterocycles. The molecular weight excluding hydrogens is 256 g/mol. The summed E-state index contributed by atoms with van der Waals surface area (Å²) in [5.74, 6) is -3.19. The SMILES string of the molecule is CC(CS(=O)(=O)C1CCS(=O)(=O)C1)C(=O)O. The minimum Gasteiger partial charge on any atom is -0.481 e. The van der Waals surface area contributed by atoms with E-state index in [1.807, 2.05) is 0 Å². The third-order valence-electron chi connectivity index (χ3n) is 2.60. The van der Waals surface area contributed by atoms with E-state index in [1.54, 1.807) is 0 Å². The van der Waals surface area contributed by atoms with Gasteiger partial charge in [0.15, 0.2) is 19.7 Å². The van der Waals surface area contributed by atoms with Crippen LogP contribution >= 0.6 is 0 Å². The molecule has 1 aliphatic rings. The Morgan fingerprint density at radius 3 is 2.44 bits per heavy atom. The lowest BCUT2D eigenvalue weighted by molar-refractivity contribution is -0.140. The summed E-state index contributed by atoms with van der Waals surface area (Å²) < 4.78 is 45.7. The Hall–Kier alpha value is -0.630. The van der Waals surface area contributed by atoms with Crippen molar-refractivity contribution in [2.45, 2.75) is 18.6 Å². The lowest BCUT2D eigenvalue weighted by Gasteiger charge is -2.12. The van der Waals surface area contributed by atoms with Crippen LogP contribution in [0.25, 0.3) is 0 Å². The third-order valence-corrected chi connectivity index (χ3v) is 6.96. The zero-order valence-electron chi connectivity index (χ0n) is 8.79. The molecule has 0 saturated carbocycles. The maximum Gasteiger partial charge on any atom is 0.307 e. The van der Waals surface area contributed by atoms with E-state index >= 15 is 0 Å². The Bertz CT molecular complexity index is 475. The van der Waals surface area contributed by atoms with E-state index in [2.05, 4.69) is 0 Å². The van der Waals surface area contributed by atoms with E-state index in [1.165, 1.54) is 6.92 Å². The second-order valence-corrected chi connectivity index (χ2v) is 8.65. The summed E-state index contributed by atoms with van der Waals surface area (Å²) in [6.07, 6.45) is 0.0804. The van der Waals surface area contributed by atoms with Gasteiger partial charge in [-0.15, -0.1) is 0 Å². The molecule has 1 fully saturated rings. The molecule has 0 spiro atoms. The highest BCUT2D eigenvalue weighted by molar-refractivity contribution is 7.96. The molecular formula is C8H14O6S2. The number of hydrogen-bond donors (Lipinski definition) is 1. The summed E-state index contributed by atoms with van der Waals surface area (Å²) in [7, 11) is -6.90. The number of sulfone groups is 2. The number of aliphatic carboxylic acids is 1. The van der Waals surface area contributed by atoms with Crippen molar-refractivity contribution in [3.05, 3.63) is 0 Å². The second-order valence-electron chi connectivity index (χ2n) is 4.09. The van der Waals surface area contributed by atoms with Crippen LogP contribution in [0.5, 0.6) is 0 Å². The molecule has 0 bridgehead atoms. The van der Waals surface area contributed by atoms with Crippen molar-refractivity contribution >= 4 is 25.6 Å². The smallest absolute Gasteiger partial charge is 0.307 e. The van der Waals surface area contributed by atoms with Crippen molar-refractivity contribution in [3.63, 3.8) is 0 Å². The summed E-state index contributed by atoms with van der Waals surface area (Å²) in [6.45, 7) is 1.29. The molecule has 0 amide bonds. The molecule has 1 N–H and O–H groups in total. The molecule has 16 heavy (non-hydrogen) atoms. The fraction of sp³-hybridized carbons (Fsp3) is 0.875. The number of hydrogen-bond acceptors (Lipinski definition) is 5. The van der Waals surface area contributed by atoms with Gasteiger partial charge in [-0.3, -0.25) is 4.79 Å². The summed E-state index contributed by atoms with van der Waals surface area (Å²) in [6, 6.07) is 0. The van der Waals surface area contributed by atoms with Gasteiger partial charge in [-0.1, -0.05) is 6.92 Å². The highest BCUT2D eigenvalue weighted by Gasteiger charge is 2.38. The molecule has 8 heteroatoms. The molecule has 1 heterocycles. The first-order valence-corrected chi connectivity index (χ1v) is 8.32. The minimum absolute atomic E-state index is 0.0804. The topological polar surface area (TPSA) is 106 Å². The third kappa shape index (κ3) is 3.18. The Kier molecular flexibility index (Phi) is 3.63. The van der Waals surface area contributed by atoms with Crippen LogP contribution in [-0.2, 0) is 24.5 Å². The van der Waals surface area contributed by atoms with E-state index < -0.39 is 42.6 Å². The number of rotatable bonds is 4. The predicted molar refractivity (Wildman–Crippen MR) is 57.6 cm³/mol.